The molecule has 8 nitrogen and oxygen atoms in total. The van der Waals surface area contributed by atoms with E-state index in [0.717, 1.165) is 11.3 Å². The Kier molecular flexibility index (Phi) is 3.98. The molecule has 0 aliphatic heterocycles. The van der Waals surface area contributed by atoms with Gasteiger partial charge in [-0.2, -0.15) is 0 Å². The van der Waals surface area contributed by atoms with Gasteiger partial charge in [0.05, 0.1) is 17.9 Å². The van der Waals surface area contributed by atoms with Crippen LogP contribution >= 0.6 is 0 Å². The minimum atomic E-state index is -0.252. The summed E-state index contributed by atoms with van der Waals surface area (Å²) in [6.07, 6.45) is 6.47. The minimum absolute atomic E-state index is 0.153. The summed E-state index contributed by atoms with van der Waals surface area (Å²) < 4.78 is 1.36. The Balaban J connectivity index is 1.59. The molecule has 0 fully saturated rings. The predicted molar refractivity (Wildman–Crippen MR) is 94.5 cm³/mol. The van der Waals surface area contributed by atoms with Crippen molar-refractivity contribution < 1.29 is 4.79 Å². The molecule has 0 saturated carbocycles. The average Bonchev–Trinajstić information content (AvgIpc) is 3.12. The largest absolute Gasteiger partial charge is 0.346 e. The van der Waals surface area contributed by atoms with E-state index in [0.29, 0.717) is 16.9 Å². The van der Waals surface area contributed by atoms with Crippen molar-refractivity contribution in [1.82, 2.24) is 29.9 Å². The molecule has 0 atom stereocenters. The molecule has 2 N–H and O–H groups in total. The monoisotopic (exact) mass is 346 g/mol. The molecule has 0 spiro atoms. The van der Waals surface area contributed by atoms with E-state index in [1.54, 1.807) is 43.0 Å². The van der Waals surface area contributed by atoms with Crippen LogP contribution in [0.15, 0.2) is 66.0 Å². The van der Waals surface area contributed by atoms with Crippen LogP contribution in [0.25, 0.3) is 16.9 Å². The van der Waals surface area contributed by atoms with E-state index < -0.39 is 0 Å². The number of nitrogens with zero attached hydrogens (tertiary/aromatic N) is 4. The van der Waals surface area contributed by atoms with Crippen LogP contribution in [0.5, 0.6) is 0 Å². The summed E-state index contributed by atoms with van der Waals surface area (Å²) in [5.41, 5.74) is 2.79. The van der Waals surface area contributed by atoms with Crippen molar-refractivity contribution in [3.8, 4) is 11.3 Å². The highest BCUT2D eigenvalue weighted by molar-refractivity contribution is 5.93. The van der Waals surface area contributed by atoms with Gasteiger partial charge in [-0.25, -0.2) is 9.50 Å². The first kappa shape index (κ1) is 15.7. The summed E-state index contributed by atoms with van der Waals surface area (Å²) in [4.78, 5) is 36.8. The molecule has 1 amide bonds. The Labute approximate surface area is 147 Å². The molecule has 4 heterocycles. The smallest absolute Gasteiger partial charge is 0.272 e. The first-order valence-electron chi connectivity index (χ1n) is 7.91. The van der Waals surface area contributed by atoms with Crippen LogP contribution in [0.1, 0.15) is 16.1 Å². The standard InChI is InChI=1S/C18H14N6O2/c25-17-8-14(11-21-18(26)12-3-6-19-7-4-12)22-16-9-15(23-24(16)17)13-2-1-5-20-10-13/h1-10,23H,11H2,(H,21,26). The van der Waals surface area contributed by atoms with Gasteiger partial charge in [-0.3, -0.25) is 24.7 Å². The third-order valence-corrected chi connectivity index (χ3v) is 3.85. The summed E-state index contributed by atoms with van der Waals surface area (Å²) in [6, 6.07) is 10.1. The van der Waals surface area contributed by atoms with Gasteiger partial charge < -0.3 is 5.32 Å². The van der Waals surface area contributed by atoms with Gasteiger partial charge in [0.15, 0.2) is 5.65 Å². The summed E-state index contributed by atoms with van der Waals surface area (Å²) in [5.74, 6) is -0.250. The average molecular weight is 346 g/mol. The predicted octanol–water partition coefficient (Wildman–Crippen LogP) is 1.41. The maximum absolute atomic E-state index is 12.3. The summed E-state index contributed by atoms with van der Waals surface area (Å²) in [5, 5.41) is 5.75. The lowest BCUT2D eigenvalue weighted by atomic mass is 10.2. The fourth-order valence-electron chi connectivity index (χ4n) is 2.58. The number of aromatic nitrogens is 5. The van der Waals surface area contributed by atoms with E-state index in [1.165, 1.54) is 10.6 Å². The molecule has 0 radical (unpaired) electrons. The lowest BCUT2D eigenvalue weighted by Crippen LogP contribution is -2.25. The molecule has 0 aliphatic rings. The summed E-state index contributed by atoms with van der Waals surface area (Å²) >= 11 is 0. The molecule has 4 aromatic rings. The number of fused-ring (bicyclic) bond motifs is 1. The van der Waals surface area contributed by atoms with Crippen LogP contribution in [0, 0.1) is 0 Å². The molecule has 26 heavy (non-hydrogen) atoms. The Morgan fingerprint density at radius 2 is 1.96 bits per heavy atom. The minimum Gasteiger partial charge on any atom is -0.346 e. The Hall–Kier alpha value is -3.81. The van der Waals surface area contributed by atoms with E-state index >= 15 is 0 Å². The number of H-pyrrole nitrogens is 1. The van der Waals surface area contributed by atoms with Crippen molar-refractivity contribution in [2.24, 2.45) is 0 Å². The number of rotatable bonds is 4. The van der Waals surface area contributed by atoms with Crippen LogP contribution in [0.4, 0.5) is 0 Å². The second kappa shape index (κ2) is 6.60. The van der Waals surface area contributed by atoms with Crippen molar-refractivity contribution in [2.75, 3.05) is 0 Å². The first-order chi connectivity index (χ1) is 12.7. The SMILES string of the molecule is O=C(NCc1cc(=O)n2[nH]c(-c3cccnc3)cc2n1)c1ccncc1. The van der Waals surface area contributed by atoms with Crippen LogP contribution in [0.3, 0.4) is 0 Å². The molecule has 0 aliphatic carbocycles. The lowest BCUT2D eigenvalue weighted by Gasteiger charge is -2.04. The van der Waals surface area contributed by atoms with Gasteiger partial charge in [0.25, 0.3) is 11.5 Å². The van der Waals surface area contributed by atoms with E-state index in [1.807, 2.05) is 12.1 Å². The fraction of sp³-hybridized carbons (Fsp3) is 0.0556. The summed E-state index contributed by atoms with van der Waals surface area (Å²) in [6.45, 7) is 0.153. The van der Waals surface area contributed by atoms with Crippen molar-refractivity contribution >= 4 is 11.6 Å². The molecular formula is C18H14N6O2. The number of pyridine rings is 2. The molecule has 4 aromatic heterocycles. The fourth-order valence-corrected chi connectivity index (χ4v) is 2.58. The quantitative estimate of drug-likeness (QED) is 0.581. The topological polar surface area (TPSA) is 105 Å². The molecule has 0 bridgehead atoms. The maximum atomic E-state index is 12.3. The first-order valence-corrected chi connectivity index (χ1v) is 7.91. The highest BCUT2D eigenvalue weighted by Gasteiger charge is 2.10. The normalized spacial score (nSPS) is 10.8. The Morgan fingerprint density at radius 3 is 2.73 bits per heavy atom. The zero-order chi connectivity index (χ0) is 17.9. The van der Waals surface area contributed by atoms with E-state index in [2.05, 4.69) is 25.4 Å². The van der Waals surface area contributed by atoms with Crippen molar-refractivity contribution in [1.29, 1.82) is 0 Å². The highest BCUT2D eigenvalue weighted by atomic mass is 16.1. The third kappa shape index (κ3) is 3.07. The Bertz CT molecular complexity index is 1120. The second-order valence-corrected chi connectivity index (χ2v) is 5.61. The van der Waals surface area contributed by atoms with E-state index in [4.69, 9.17) is 0 Å². The van der Waals surface area contributed by atoms with Crippen molar-refractivity contribution in [3.05, 3.63) is 82.8 Å². The van der Waals surface area contributed by atoms with Crippen LogP contribution in [-0.2, 0) is 6.54 Å². The van der Waals surface area contributed by atoms with Gasteiger partial charge in [-0.05, 0) is 24.3 Å². The number of hydrogen-bond acceptors (Lipinski definition) is 5. The van der Waals surface area contributed by atoms with Crippen LogP contribution < -0.4 is 10.9 Å². The number of amides is 1. The van der Waals surface area contributed by atoms with E-state index in [9.17, 15) is 9.59 Å². The van der Waals surface area contributed by atoms with E-state index in [-0.39, 0.29) is 18.0 Å². The Morgan fingerprint density at radius 1 is 1.12 bits per heavy atom. The zero-order valence-corrected chi connectivity index (χ0v) is 13.6. The van der Waals surface area contributed by atoms with Gasteiger partial charge in [0.2, 0.25) is 0 Å². The second-order valence-electron chi connectivity index (χ2n) is 5.61. The molecular weight excluding hydrogens is 332 g/mol. The van der Waals surface area contributed by atoms with Gasteiger partial charge in [-0.15, -0.1) is 0 Å². The van der Waals surface area contributed by atoms with Crippen LogP contribution in [-0.4, -0.2) is 30.5 Å². The number of aromatic amines is 1. The summed E-state index contributed by atoms with van der Waals surface area (Å²) in [7, 11) is 0. The molecule has 128 valence electrons. The molecule has 0 saturated heterocycles. The zero-order valence-electron chi connectivity index (χ0n) is 13.6. The number of nitrogens with one attached hydrogen (secondary N) is 2. The third-order valence-electron chi connectivity index (χ3n) is 3.85. The maximum Gasteiger partial charge on any atom is 0.272 e. The van der Waals surface area contributed by atoms with Crippen molar-refractivity contribution in [2.45, 2.75) is 6.54 Å². The molecule has 8 heteroatoms. The van der Waals surface area contributed by atoms with Gasteiger partial charge in [0, 0.05) is 48.0 Å². The van der Waals surface area contributed by atoms with Gasteiger partial charge in [0.1, 0.15) is 0 Å². The molecule has 0 aromatic carbocycles. The van der Waals surface area contributed by atoms with Gasteiger partial charge in [-0.1, -0.05) is 0 Å². The lowest BCUT2D eigenvalue weighted by molar-refractivity contribution is 0.0950. The molecule has 4 rings (SSSR count). The number of carbonyl (C=O) groups excluding carboxylic acids is 1. The highest BCUT2D eigenvalue weighted by Crippen LogP contribution is 2.16. The number of hydrogen-bond donors (Lipinski definition) is 2. The van der Waals surface area contributed by atoms with Crippen LogP contribution in [0.2, 0.25) is 0 Å². The molecule has 0 unspecified atom stereocenters. The van der Waals surface area contributed by atoms with Crippen molar-refractivity contribution in [3.63, 3.8) is 0 Å². The number of carbonyl (C=O) groups is 1. The van der Waals surface area contributed by atoms with Gasteiger partial charge >= 0.3 is 0 Å².